The fourth-order valence-electron chi connectivity index (χ4n) is 2.76. The van der Waals surface area contributed by atoms with Crippen LogP contribution in [0.1, 0.15) is 16.7 Å². The molecule has 1 amide bonds. The van der Waals surface area contributed by atoms with Gasteiger partial charge in [0.05, 0.1) is 29.0 Å². The van der Waals surface area contributed by atoms with Crippen molar-refractivity contribution in [2.45, 2.75) is 20.3 Å². The number of pyridine rings is 1. The van der Waals surface area contributed by atoms with Gasteiger partial charge in [-0.05, 0) is 54.8 Å². The predicted octanol–water partition coefficient (Wildman–Crippen LogP) is 5.42. The molecule has 0 saturated carbocycles. The van der Waals surface area contributed by atoms with Crippen LogP contribution in [0.3, 0.4) is 0 Å². The summed E-state index contributed by atoms with van der Waals surface area (Å²) in [6.45, 7) is 3.96. The molecule has 138 valence electrons. The van der Waals surface area contributed by atoms with Crippen LogP contribution in [0, 0.1) is 19.7 Å². The number of nitrogens with zero attached hydrogens (tertiary/aromatic N) is 1. The van der Waals surface area contributed by atoms with Crippen molar-refractivity contribution in [2.24, 2.45) is 0 Å². The normalized spacial score (nSPS) is 10.5. The highest BCUT2D eigenvalue weighted by Crippen LogP contribution is 2.29. The first-order chi connectivity index (χ1) is 12.9. The fourth-order valence-corrected chi connectivity index (χ4v) is 3.13. The number of hydrogen-bond donors (Lipinski definition) is 2. The van der Waals surface area contributed by atoms with Crippen molar-refractivity contribution >= 4 is 34.7 Å². The number of hydrogen-bond acceptors (Lipinski definition) is 3. The maximum Gasteiger partial charge on any atom is 0.228 e. The Balaban J connectivity index is 1.65. The molecule has 0 atom stereocenters. The van der Waals surface area contributed by atoms with Crippen molar-refractivity contribution in [1.29, 1.82) is 0 Å². The molecule has 1 aromatic heterocycles. The topological polar surface area (TPSA) is 54.0 Å². The van der Waals surface area contributed by atoms with Gasteiger partial charge in [-0.1, -0.05) is 35.9 Å². The second-order valence-corrected chi connectivity index (χ2v) is 6.72. The Labute approximate surface area is 162 Å². The summed E-state index contributed by atoms with van der Waals surface area (Å²) < 4.78 is 13.6. The van der Waals surface area contributed by atoms with E-state index in [1.807, 2.05) is 26.0 Å². The molecular weight excluding hydrogens is 365 g/mol. The summed E-state index contributed by atoms with van der Waals surface area (Å²) >= 11 is 6.30. The lowest BCUT2D eigenvalue weighted by molar-refractivity contribution is -0.115. The zero-order valence-corrected chi connectivity index (χ0v) is 15.8. The third-order valence-electron chi connectivity index (χ3n) is 4.04. The fraction of sp³-hybridized carbons (Fsp3) is 0.143. The lowest BCUT2D eigenvalue weighted by atomic mass is 10.1. The second kappa shape index (κ2) is 8.18. The molecule has 0 aliphatic heterocycles. The van der Waals surface area contributed by atoms with Crippen LogP contribution in [-0.2, 0) is 11.2 Å². The van der Waals surface area contributed by atoms with Gasteiger partial charge in [-0.15, -0.1) is 0 Å². The molecule has 0 aliphatic rings. The number of benzene rings is 2. The van der Waals surface area contributed by atoms with E-state index in [4.69, 9.17) is 11.6 Å². The Morgan fingerprint density at radius 1 is 1.15 bits per heavy atom. The van der Waals surface area contributed by atoms with Crippen LogP contribution < -0.4 is 10.6 Å². The zero-order chi connectivity index (χ0) is 19.4. The molecule has 2 aromatic carbocycles. The van der Waals surface area contributed by atoms with E-state index in [1.54, 1.807) is 36.5 Å². The second-order valence-electron chi connectivity index (χ2n) is 6.31. The van der Waals surface area contributed by atoms with Crippen LogP contribution in [0.15, 0.2) is 54.7 Å². The lowest BCUT2D eigenvalue weighted by Gasteiger charge is -2.12. The third kappa shape index (κ3) is 4.83. The van der Waals surface area contributed by atoms with Crippen molar-refractivity contribution in [3.05, 3.63) is 82.3 Å². The summed E-state index contributed by atoms with van der Waals surface area (Å²) in [6.07, 6.45) is 1.50. The van der Waals surface area contributed by atoms with Crippen LogP contribution in [-0.4, -0.2) is 10.9 Å². The van der Waals surface area contributed by atoms with Gasteiger partial charge in [0, 0.05) is 0 Å². The lowest BCUT2D eigenvalue weighted by Crippen LogP contribution is -2.15. The number of amides is 1. The Morgan fingerprint density at radius 2 is 1.93 bits per heavy atom. The van der Waals surface area contributed by atoms with Crippen LogP contribution in [0.2, 0.25) is 5.02 Å². The van der Waals surface area contributed by atoms with E-state index < -0.39 is 5.82 Å². The largest absolute Gasteiger partial charge is 0.339 e. The number of rotatable bonds is 5. The van der Waals surface area contributed by atoms with Gasteiger partial charge >= 0.3 is 0 Å². The van der Waals surface area contributed by atoms with Gasteiger partial charge in [0.1, 0.15) is 11.6 Å². The van der Waals surface area contributed by atoms with Gasteiger partial charge in [-0.2, -0.15) is 0 Å². The average molecular weight is 384 g/mol. The number of carbonyl (C=O) groups is 1. The van der Waals surface area contributed by atoms with Gasteiger partial charge < -0.3 is 10.6 Å². The SMILES string of the molecule is Cc1cc(C)c(Nc2ccc(NC(=O)Cc3ccccc3F)cn2)c(Cl)c1. The highest BCUT2D eigenvalue weighted by Gasteiger charge is 2.09. The van der Waals surface area contributed by atoms with Gasteiger partial charge in [-0.25, -0.2) is 9.37 Å². The molecule has 0 radical (unpaired) electrons. The van der Waals surface area contributed by atoms with Crippen LogP contribution >= 0.6 is 11.6 Å². The molecule has 4 nitrogen and oxygen atoms in total. The van der Waals surface area contributed by atoms with Gasteiger partial charge in [0.25, 0.3) is 0 Å². The standard InChI is InChI=1S/C21H19ClFN3O/c1-13-9-14(2)21(17(22)10-13)26-19-8-7-16(12-24-19)25-20(27)11-15-5-3-4-6-18(15)23/h3-10,12H,11H2,1-2H3,(H,24,26)(H,25,27). The minimum absolute atomic E-state index is 0.0369. The molecule has 0 bridgehead atoms. The monoisotopic (exact) mass is 383 g/mol. The number of aryl methyl sites for hydroxylation is 2. The van der Waals surface area contributed by atoms with Gasteiger partial charge in [-0.3, -0.25) is 4.79 Å². The van der Waals surface area contributed by atoms with Crippen molar-refractivity contribution in [3.63, 3.8) is 0 Å². The van der Waals surface area contributed by atoms with E-state index >= 15 is 0 Å². The summed E-state index contributed by atoms with van der Waals surface area (Å²) in [4.78, 5) is 16.4. The van der Waals surface area contributed by atoms with Crippen molar-refractivity contribution in [1.82, 2.24) is 4.98 Å². The number of nitrogens with one attached hydrogen (secondary N) is 2. The van der Waals surface area contributed by atoms with E-state index in [-0.39, 0.29) is 12.3 Å². The third-order valence-corrected chi connectivity index (χ3v) is 4.34. The number of aromatic nitrogens is 1. The first-order valence-electron chi connectivity index (χ1n) is 8.45. The van der Waals surface area contributed by atoms with Crippen molar-refractivity contribution < 1.29 is 9.18 Å². The molecule has 27 heavy (non-hydrogen) atoms. The quantitative estimate of drug-likeness (QED) is 0.618. The van der Waals surface area contributed by atoms with E-state index in [0.29, 0.717) is 22.1 Å². The Hall–Kier alpha value is -2.92. The smallest absolute Gasteiger partial charge is 0.228 e. The van der Waals surface area contributed by atoms with Crippen LogP contribution in [0.5, 0.6) is 0 Å². The van der Waals surface area contributed by atoms with Gasteiger partial charge in [0.2, 0.25) is 5.91 Å². The number of carbonyl (C=O) groups excluding carboxylic acids is 1. The average Bonchev–Trinajstić information content (AvgIpc) is 2.61. The van der Waals surface area contributed by atoms with Crippen LogP contribution in [0.25, 0.3) is 0 Å². The summed E-state index contributed by atoms with van der Waals surface area (Å²) in [5, 5.41) is 6.53. The zero-order valence-electron chi connectivity index (χ0n) is 15.0. The molecular formula is C21H19ClFN3O. The van der Waals surface area contributed by atoms with E-state index in [1.165, 1.54) is 6.07 Å². The number of anilines is 3. The van der Waals surface area contributed by atoms with E-state index in [0.717, 1.165) is 16.8 Å². The van der Waals surface area contributed by atoms with Crippen LogP contribution in [0.4, 0.5) is 21.6 Å². The Bertz CT molecular complexity index is 950. The first-order valence-corrected chi connectivity index (χ1v) is 8.83. The molecule has 6 heteroatoms. The molecule has 0 spiro atoms. The summed E-state index contributed by atoms with van der Waals surface area (Å²) in [6, 6.07) is 13.6. The van der Waals surface area contributed by atoms with Crippen molar-refractivity contribution in [3.8, 4) is 0 Å². The summed E-state index contributed by atoms with van der Waals surface area (Å²) in [7, 11) is 0. The predicted molar refractivity (Wildman–Crippen MR) is 107 cm³/mol. The van der Waals surface area contributed by atoms with Crippen molar-refractivity contribution in [2.75, 3.05) is 10.6 Å². The molecule has 0 saturated heterocycles. The minimum Gasteiger partial charge on any atom is -0.339 e. The molecule has 1 heterocycles. The summed E-state index contributed by atoms with van der Waals surface area (Å²) in [5.41, 5.74) is 3.79. The summed E-state index contributed by atoms with van der Waals surface area (Å²) in [5.74, 6) is -0.0911. The Morgan fingerprint density at radius 3 is 2.59 bits per heavy atom. The minimum atomic E-state index is -0.393. The molecule has 0 fully saturated rings. The molecule has 3 aromatic rings. The Kier molecular flexibility index (Phi) is 5.72. The van der Waals surface area contributed by atoms with Gasteiger partial charge in [0.15, 0.2) is 0 Å². The highest BCUT2D eigenvalue weighted by atomic mass is 35.5. The van der Waals surface area contributed by atoms with E-state index in [9.17, 15) is 9.18 Å². The molecule has 2 N–H and O–H groups in total. The highest BCUT2D eigenvalue weighted by molar-refractivity contribution is 6.33. The first kappa shape index (κ1) is 18.9. The molecule has 3 rings (SSSR count). The molecule has 0 aliphatic carbocycles. The molecule has 0 unspecified atom stereocenters. The van der Waals surface area contributed by atoms with E-state index in [2.05, 4.69) is 15.6 Å². The number of halogens is 2. The maximum absolute atomic E-state index is 13.6. The maximum atomic E-state index is 13.6.